The molecule has 0 aliphatic carbocycles. The topological polar surface area (TPSA) is 21.3 Å². The Bertz CT molecular complexity index is 539. The lowest BCUT2D eigenvalue weighted by Crippen LogP contribution is -2.27. The lowest BCUT2D eigenvalue weighted by atomic mass is 10.1. The molecule has 2 rings (SSSR count). The molecule has 0 aliphatic heterocycles. The van der Waals surface area contributed by atoms with Gasteiger partial charge in [0.25, 0.3) is 0 Å². The van der Waals surface area contributed by atoms with Crippen molar-refractivity contribution in [2.24, 2.45) is 0 Å². The molecule has 0 amide bonds. The summed E-state index contributed by atoms with van der Waals surface area (Å²) in [6.07, 6.45) is 1.01. The summed E-state index contributed by atoms with van der Waals surface area (Å²) in [4.78, 5) is 0. The van der Waals surface area contributed by atoms with Crippen LogP contribution in [-0.2, 0) is 13.0 Å². The summed E-state index contributed by atoms with van der Waals surface area (Å²) < 4.78 is 6.30. The van der Waals surface area contributed by atoms with Gasteiger partial charge in [0.05, 0.1) is 7.11 Å². The second-order valence-corrected chi connectivity index (χ2v) is 5.88. The van der Waals surface area contributed by atoms with Crippen molar-refractivity contribution in [1.29, 1.82) is 0 Å². The van der Waals surface area contributed by atoms with Crippen LogP contribution in [-0.4, -0.2) is 13.2 Å². The van der Waals surface area contributed by atoms with Crippen molar-refractivity contribution in [2.45, 2.75) is 25.9 Å². The molecule has 2 nitrogen and oxygen atoms in total. The number of hydrogen-bond donors (Lipinski definition) is 1. The summed E-state index contributed by atoms with van der Waals surface area (Å²) in [5, 5.41) is 3.55. The lowest BCUT2D eigenvalue weighted by Gasteiger charge is -2.14. The minimum atomic E-state index is 0.433. The number of ether oxygens (including phenoxy) is 1. The van der Waals surface area contributed by atoms with Crippen LogP contribution in [0, 0.1) is 0 Å². The van der Waals surface area contributed by atoms with E-state index in [1.165, 1.54) is 11.1 Å². The summed E-state index contributed by atoms with van der Waals surface area (Å²) >= 11 is 3.50. The average molecular weight is 334 g/mol. The number of rotatable bonds is 6. The molecule has 0 aliphatic rings. The van der Waals surface area contributed by atoms with E-state index >= 15 is 0 Å². The van der Waals surface area contributed by atoms with Crippen LogP contribution in [0.3, 0.4) is 0 Å². The second-order valence-electron chi connectivity index (χ2n) is 4.96. The van der Waals surface area contributed by atoms with Gasteiger partial charge in [-0.25, -0.2) is 0 Å². The Labute approximate surface area is 129 Å². The number of nitrogens with one attached hydrogen (secondary N) is 1. The Balaban J connectivity index is 1.84. The number of hydrogen-bond acceptors (Lipinski definition) is 2. The third-order valence-electron chi connectivity index (χ3n) is 3.24. The Kier molecular flexibility index (Phi) is 5.62. The zero-order valence-electron chi connectivity index (χ0n) is 11.9. The summed E-state index contributed by atoms with van der Waals surface area (Å²) in [6.45, 7) is 3.10. The first kappa shape index (κ1) is 15.1. The molecule has 0 bridgehead atoms. The van der Waals surface area contributed by atoms with E-state index < -0.39 is 0 Å². The van der Waals surface area contributed by atoms with E-state index in [-0.39, 0.29) is 0 Å². The predicted octanol–water partition coefficient (Wildman–Crippen LogP) is 4.18. The van der Waals surface area contributed by atoms with Gasteiger partial charge in [0.2, 0.25) is 0 Å². The maximum Gasteiger partial charge on any atom is 0.118 e. The Hall–Kier alpha value is -1.32. The molecule has 0 aromatic heterocycles. The van der Waals surface area contributed by atoms with Gasteiger partial charge in [-0.15, -0.1) is 0 Å². The molecule has 106 valence electrons. The van der Waals surface area contributed by atoms with Crippen LogP contribution in [0.1, 0.15) is 18.1 Å². The highest BCUT2D eigenvalue weighted by molar-refractivity contribution is 9.10. The van der Waals surface area contributed by atoms with Crippen LogP contribution >= 0.6 is 15.9 Å². The van der Waals surface area contributed by atoms with Gasteiger partial charge in [-0.3, -0.25) is 0 Å². The maximum absolute atomic E-state index is 5.17. The zero-order chi connectivity index (χ0) is 14.4. The van der Waals surface area contributed by atoms with Gasteiger partial charge in [-0.1, -0.05) is 40.2 Å². The third kappa shape index (κ3) is 4.66. The fourth-order valence-corrected chi connectivity index (χ4v) is 2.57. The quantitative estimate of drug-likeness (QED) is 0.856. The largest absolute Gasteiger partial charge is 0.497 e. The molecule has 0 saturated carbocycles. The van der Waals surface area contributed by atoms with Crippen LogP contribution in [0.4, 0.5) is 0 Å². The highest BCUT2D eigenvalue weighted by Gasteiger charge is 2.04. The lowest BCUT2D eigenvalue weighted by molar-refractivity contribution is 0.414. The zero-order valence-corrected chi connectivity index (χ0v) is 13.5. The minimum absolute atomic E-state index is 0.433. The Morgan fingerprint density at radius 1 is 1.10 bits per heavy atom. The summed E-state index contributed by atoms with van der Waals surface area (Å²) in [5.41, 5.74) is 2.61. The number of benzene rings is 2. The van der Waals surface area contributed by atoms with E-state index in [1.807, 2.05) is 18.2 Å². The van der Waals surface area contributed by atoms with E-state index in [0.717, 1.165) is 23.2 Å². The van der Waals surface area contributed by atoms with Gasteiger partial charge in [-0.05, 0) is 48.7 Å². The molecule has 1 N–H and O–H groups in total. The van der Waals surface area contributed by atoms with Crippen LogP contribution < -0.4 is 10.1 Å². The summed E-state index contributed by atoms with van der Waals surface area (Å²) in [7, 11) is 1.69. The van der Waals surface area contributed by atoms with Gasteiger partial charge in [0, 0.05) is 17.1 Å². The smallest absolute Gasteiger partial charge is 0.118 e. The molecule has 0 radical (unpaired) electrons. The van der Waals surface area contributed by atoms with Gasteiger partial charge < -0.3 is 10.1 Å². The highest BCUT2D eigenvalue weighted by atomic mass is 79.9. The highest BCUT2D eigenvalue weighted by Crippen LogP contribution is 2.14. The first-order chi connectivity index (χ1) is 9.67. The van der Waals surface area contributed by atoms with Crippen LogP contribution in [0.25, 0.3) is 0 Å². The first-order valence-electron chi connectivity index (χ1n) is 6.78. The van der Waals surface area contributed by atoms with Gasteiger partial charge >= 0.3 is 0 Å². The normalized spacial score (nSPS) is 12.2. The van der Waals surface area contributed by atoms with Crippen LogP contribution in [0.15, 0.2) is 53.0 Å². The van der Waals surface area contributed by atoms with E-state index in [0.29, 0.717) is 6.04 Å². The molecule has 0 unspecified atom stereocenters. The monoisotopic (exact) mass is 333 g/mol. The van der Waals surface area contributed by atoms with E-state index in [2.05, 4.69) is 58.5 Å². The molecule has 0 heterocycles. The predicted molar refractivity (Wildman–Crippen MR) is 87.1 cm³/mol. The summed E-state index contributed by atoms with van der Waals surface area (Å²) in [5.74, 6) is 0.906. The molecule has 2 aromatic carbocycles. The first-order valence-corrected chi connectivity index (χ1v) is 7.57. The third-order valence-corrected chi connectivity index (χ3v) is 3.74. The summed E-state index contributed by atoms with van der Waals surface area (Å²) in [6, 6.07) is 17.1. The molecule has 0 fully saturated rings. The minimum Gasteiger partial charge on any atom is -0.497 e. The molecule has 3 heteroatoms. The van der Waals surface area contributed by atoms with E-state index in [1.54, 1.807) is 7.11 Å². The number of methoxy groups -OCH3 is 1. The van der Waals surface area contributed by atoms with Crippen molar-refractivity contribution >= 4 is 15.9 Å². The molecular formula is C17H20BrNO. The van der Waals surface area contributed by atoms with Gasteiger partial charge in [-0.2, -0.15) is 0 Å². The fraction of sp³-hybridized carbons (Fsp3) is 0.294. The van der Waals surface area contributed by atoms with Crippen molar-refractivity contribution in [2.75, 3.05) is 7.11 Å². The van der Waals surface area contributed by atoms with E-state index in [9.17, 15) is 0 Å². The standard InChI is InChI=1S/C17H20BrNO/c1-13(10-14-6-8-17(20-2)9-7-14)19-12-15-4-3-5-16(18)11-15/h3-9,11,13,19H,10,12H2,1-2H3/t13-/m0/s1. The molecule has 0 spiro atoms. The van der Waals surface area contributed by atoms with Crippen LogP contribution in [0.5, 0.6) is 5.75 Å². The SMILES string of the molecule is COc1ccc(C[C@H](C)NCc2cccc(Br)c2)cc1. The van der Waals surface area contributed by atoms with Gasteiger partial charge in [0.1, 0.15) is 5.75 Å². The molecule has 20 heavy (non-hydrogen) atoms. The van der Waals surface area contributed by atoms with Gasteiger partial charge in [0.15, 0.2) is 0 Å². The molecule has 1 atom stereocenters. The van der Waals surface area contributed by atoms with Crippen molar-refractivity contribution < 1.29 is 4.74 Å². The Morgan fingerprint density at radius 2 is 1.85 bits per heavy atom. The average Bonchev–Trinajstić information content (AvgIpc) is 2.46. The van der Waals surface area contributed by atoms with Crippen LogP contribution in [0.2, 0.25) is 0 Å². The fourth-order valence-electron chi connectivity index (χ4n) is 2.13. The molecule has 2 aromatic rings. The van der Waals surface area contributed by atoms with Crippen molar-refractivity contribution in [3.05, 3.63) is 64.1 Å². The maximum atomic E-state index is 5.17. The van der Waals surface area contributed by atoms with E-state index in [4.69, 9.17) is 4.74 Å². The molecule has 0 saturated heterocycles. The van der Waals surface area contributed by atoms with Crippen molar-refractivity contribution in [1.82, 2.24) is 5.32 Å². The van der Waals surface area contributed by atoms with Crippen molar-refractivity contribution in [3.63, 3.8) is 0 Å². The Morgan fingerprint density at radius 3 is 2.50 bits per heavy atom. The molecular weight excluding hydrogens is 314 g/mol. The second kappa shape index (κ2) is 7.46. The number of halogens is 1. The van der Waals surface area contributed by atoms with Crippen molar-refractivity contribution in [3.8, 4) is 5.75 Å².